The molecule has 0 amide bonds. The van der Waals surface area contributed by atoms with Crippen molar-refractivity contribution in [2.75, 3.05) is 0 Å². The van der Waals surface area contributed by atoms with Crippen LogP contribution in [0.3, 0.4) is 0 Å². The van der Waals surface area contributed by atoms with Crippen LogP contribution in [0.1, 0.15) is 28.9 Å². The summed E-state index contributed by atoms with van der Waals surface area (Å²) >= 11 is 1.83. The molecule has 0 saturated carbocycles. The van der Waals surface area contributed by atoms with E-state index in [0.717, 1.165) is 23.6 Å². The van der Waals surface area contributed by atoms with E-state index in [-0.39, 0.29) is 0 Å². The SMILES string of the molecule is CC[n+]1c(/C=C/c2c(C)nn(-c3ccccc3)c2C)sc2ccccc21. The summed E-state index contributed by atoms with van der Waals surface area (Å²) in [6, 6.07) is 18.9. The van der Waals surface area contributed by atoms with E-state index in [1.54, 1.807) is 0 Å². The average molecular weight is 361 g/mol. The van der Waals surface area contributed by atoms with Crippen LogP contribution in [0.15, 0.2) is 54.6 Å². The molecule has 0 atom stereocenters. The minimum Gasteiger partial charge on any atom is -0.237 e. The van der Waals surface area contributed by atoms with Gasteiger partial charge in [0.25, 0.3) is 5.01 Å². The Bertz CT molecular complexity index is 1090. The Hall–Kier alpha value is -2.72. The van der Waals surface area contributed by atoms with E-state index in [1.165, 1.54) is 20.8 Å². The van der Waals surface area contributed by atoms with Crippen LogP contribution in [0.4, 0.5) is 0 Å². The Kier molecular flexibility index (Phi) is 4.43. The molecule has 4 rings (SSSR count). The third-order valence-electron chi connectivity index (χ3n) is 4.69. The number of thiazole rings is 1. The molecule has 0 fully saturated rings. The van der Waals surface area contributed by atoms with Gasteiger partial charge in [-0.25, -0.2) is 4.68 Å². The third kappa shape index (κ3) is 2.86. The zero-order chi connectivity index (χ0) is 18.1. The highest BCUT2D eigenvalue weighted by molar-refractivity contribution is 7.18. The van der Waals surface area contributed by atoms with Crippen molar-refractivity contribution in [2.45, 2.75) is 27.3 Å². The fourth-order valence-electron chi connectivity index (χ4n) is 3.37. The first-order valence-electron chi connectivity index (χ1n) is 8.90. The van der Waals surface area contributed by atoms with Gasteiger partial charge in [0, 0.05) is 23.4 Å². The van der Waals surface area contributed by atoms with Crippen LogP contribution in [0.2, 0.25) is 0 Å². The van der Waals surface area contributed by atoms with Crippen LogP contribution in [-0.2, 0) is 6.54 Å². The van der Waals surface area contributed by atoms with Gasteiger partial charge in [-0.3, -0.25) is 0 Å². The molecule has 2 heterocycles. The molecule has 0 aliphatic heterocycles. The van der Waals surface area contributed by atoms with Crippen molar-refractivity contribution in [1.29, 1.82) is 0 Å². The number of para-hydroxylation sites is 2. The standard InChI is InChI=1S/C22H22N3S/c1-4-24-20-12-8-9-13-21(20)26-22(24)15-14-19-16(2)23-25(17(19)3)18-10-6-5-7-11-18/h5-15H,4H2,1-3H3/q+1. The highest BCUT2D eigenvalue weighted by atomic mass is 32.1. The van der Waals surface area contributed by atoms with Gasteiger partial charge in [0.1, 0.15) is 11.2 Å². The molecular weight excluding hydrogens is 338 g/mol. The molecule has 3 nitrogen and oxygen atoms in total. The van der Waals surface area contributed by atoms with E-state index >= 15 is 0 Å². The molecule has 0 bridgehead atoms. The van der Waals surface area contributed by atoms with Crippen molar-refractivity contribution < 1.29 is 4.57 Å². The zero-order valence-electron chi connectivity index (χ0n) is 15.3. The molecule has 0 saturated heterocycles. The minimum atomic E-state index is 0.963. The molecule has 0 spiro atoms. The molecule has 0 aliphatic carbocycles. The Labute approximate surface area is 157 Å². The topological polar surface area (TPSA) is 21.7 Å². The van der Waals surface area contributed by atoms with Crippen molar-refractivity contribution in [3.05, 3.63) is 76.6 Å². The van der Waals surface area contributed by atoms with Gasteiger partial charge < -0.3 is 0 Å². The third-order valence-corrected chi connectivity index (χ3v) is 5.82. The summed E-state index contributed by atoms with van der Waals surface area (Å²) in [7, 11) is 0. The van der Waals surface area contributed by atoms with Crippen molar-refractivity contribution >= 4 is 33.7 Å². The zero-order valence-corrected chi connectivity index (χ0v) is 16.1. The number of hydrogen-bond acceptors (Lipinski definition) is 2. The van der Waals surface area contributed by atoms with Gasteiger partial charge in [0.15, 0.2) is 0 Å². The average Bonchev–Trinajstić information content (AvgIpc) is 3.17. The highest BCUT2D eigenvalue weighted by Gasteiger charge is 2.17. The van der Waals surface area contributed by atoms with Gasteiger partial charge in [-0.15, -0.1) is 0 Å². The molecule has 0 unspecified atom stereocenters. The Morgan fingerprint density at radius 3 is 2.50 bits per heavy atom. The summed E-state index contributed by atoms with van der Waals surface area (Å²) in [4.78, 5) is 0. The smallest absolute Gasteiger partial charge is 0.237 e. The van der Waals surface area contributed by atoms with Crippen molar-refractivity contribution in [1.82, 2.24) is 9.78 Å². The maximum Gasteiger partial charge on any atom is 0.262 e. The summed E-state index contributed by atoms with van der Waals surface area (Å²) in [5.74, 6) is 0. The van der Waals surface area contributed by atoms with Crippen molar-refractivity contribution in [3.8, 4) is 5.69 Å². The molecular formula is C22H22N3S+. The number of aromatic nitrogens is 3. The molecule has 0 N–H and O–H groups in total. The second-order valence-electron chi connectivity index (χ2n) is 6.32. The molecule has 4 heteroatoms. The summed E-state index contributed by atoms with van der Waals surface area (Å²) in [5.41, 5.74) is 5.79. The summed E-state index contributed by atoms with van der Waals surface area (Å²) in [6.07, 6.45) is 4.43. The van der Waals surface area contributed by atoms with Gasteiger partial charge in [0.05, 0.1) is 11.4 Å². The second kappa shape index (κ2) is 6.89. The van der Waals surface area contributed by atoms with Gasteiger partial charge >= 0.3 is 0 Å². The number of rotatable bonds is 4. The van der Waals surface area contributed by atoms with Crippen LogP contribution < -0.4 is 4.57 Å². The van der Waals surface area contributed by atoms with Crippen molar-refractivity contribution in [3.63, 3.8) is 0 Å². The van der Waals surface area contributed by atoms with E-state index in [2.05, 4.69) is 73.9 Å². The number of aryl methyl sites for hydroxylation is 2. The Morgan fingerprint density at radius 1 is 1.00 bits per heavy atom. The monoisotopic (exact) mass is 360 g/mol. The maximum absolute atomic E-state index is 4.74. The van der Waals surface area contributed by atoms with Crippen LogP contribution >= 0.6 is 11.3 Å². The Balaban J connectivity index is 1.75. The molecule has 4 aromatic rings. The quantitative estimate of drug-likeness (QED) is 0.460. The molecule has 26 heavy (non-hydrogen) atoms. The largest absolute Gasteiger partial charge is 0.262 e. The Morgan fingerprint density at radius 2 is 1.73 bits per heavy atom. The van der Waals surface area contributed by atoms with Crippen LogP contribution in [0, 0.1) is 13.8 Å². The lowest BCUT2D eigenvalue weighted by Gasteiger charge is -2.03. The first-order chi connectivity index (χ1) is 12.7. The van der Waals surface area contributed by atoms with Crippen molar-refractivity contribution in [2.24, 2.45) is 0 Å². The molecule has 2 aromatic carbocycles. The molecule has 130 valence electrons. The van der Waals surface area contributed by atoms with E-state index in [0.29, 0.717) is 0 Å². The van der Waals surface area contributed by atoms with Crippen LogP contribution in [0.25, 0.3) is 28.1 Å². The minimum absolute atomic E-state index is 0.963. The normalized spacial score (nSPS) is 11.7. The molecule has 2 aromatic heterocycles. The lowest BCUT2D eigenvalue weighted by molar-refractivity contribution is -0.665. The van der Waals surface area contributed by atoms with E-state index in [1.807, 2.05) is 34.2 Å². The van der Waals surface area contributed by atoms with E-state index < -0.39 is 0 Å². The molecule has 0 aliphatic rings. The number of fused-ring (bicyclic) bond motifs is 1. The van der Waals surface area contributed by atoms with Gasteiger partial charge in [0.2, 0.25) is 5.52 Å². The van der Waals surface area contributed by atoms with E-state index in [9.17, 15) is 0 Å². The summed E-state index contributed by atoms with van der Waals surface area (Å²) < 4.78 is 5.71. The van der Waals surface area contributed by atoms with Crippen LogP contribution in [-0.4, -0.2) is 9.78 Å². The lowest BCUT2D eigenvalue weighted by Crippen LogP contribution is -2.33. The van der Waals surface area contributed by atoms with Crippen LogP contribution in [0.5, 0.6) is 0 Å². The summed E-state index contributed by atoms with van der Waals surface area (Å²) in [6.45, 7) is 7.36. The predicted octanol–water partition coefficient (Wildman–Crippen LogP) is 5.18. The number of hydrogen-bond donors (Lipinski definition) is 0. The maximum atomic E-state index is 4.74. The number of nitrogens with zero attached hydrogens (tertiary/aromatic N) is 3. The fourth-order valence-corrected chi connectivity index (χ4v) is 4.50. The predicted molar refractivity (Wildman–Crippen MR) is 110 cm³/mol. The number of benzene rings is 2. The van der Waals surface area contributed by atoms with Gasteiger partial charge in [-0.2, -0.15) is 9.67 Å². The van der Waals surface area contributed by atoms with E-state index in [4.69, 9.17) is 5.10 Å². The van der Waals surface area contributed by atoms with Gasteiger partial charge in [-0.1, -0.05) is 41.7 Å². The highest BCUT2D eigenvalue weighted by Crippen LogP contribution is 2.24. The van der Waals surface area contributed by atoms with Gasteiger partial charge in [-0.05, 0) is 45.0 Å². The first kappa shape index (κ1) is 16.7. The second-order valence-corrected chi connectivity index (χ2v) is 7.38. The summed E-state index contributed by atoms with van der Waals surface area (Å²) in [5, 5.41) is 6.00. The molecule has 0 radical (unpaired) electrons. The fraction of sp³-hybridized carbons (Fsp3) is 0.182. The first-order valence-corrected chi connectivity index (χ1v) is 9.71. The lowest BCUT2D eigenvalue weighted by atomic mass is 10.2.